The van der Waals surface area contributed by atoms with E-state index in [0.29, 0.717) is 19.6 Å². The number of halogens is 3. The summed E-state index contributed by atoms with van der Waals surface area (Å²) in [7, 11) is 1.26. The normalized spacial score (nSPS) is 20.3. The molecule has 150 valence electrons. The molecule has 2 N–H and O–H groups in total. The van der Waals surface area contributed by atoms with Crippen LogP contribution in [0.5, 0.6) is 0 Å². The highest BCUT2D eigenvalue weighted by molar-refractivity contribution is 6.18. The molecule has 1 aromatic rings. The van der Waals surface area contributed by atoms with Gasteiger partial charge in [-0.2, -0.15) is 0 Å². The maximum Gasteiger partial charge on any atom is 0.407 e. The molecule has 2 amide bonds. The van der Waals surface area contributed by atoms with Gasteiger partial charge >= 0.3 is 6.09 Å². The number of carbonyl (C=O) groups excluding carboxylic acids is 2. The van der Waals surface area contributed by atoms with Crippen LogP contribution in [0.4, 0.5) is 13.6 Å². The zero-order chi connectivity index (χ0) is 19.9. The molecule has 1 saturated heterocycles. The van der Waals surface area contributed by atoms with Crippen LogP contribution in [0.3, 0.4) is 0 Å². The van der Waals surface area contributed by atoms with E-state index >= 15 is 0 Å². The molecule has 0 bridgehead atoms. The first-order chi connectivity index (χ1) is 12.8. The van der Waals surface area contributed by atoms with Crippen molar-refractivity contribution in [1.82, 2.24) is 15.5 Å². The van der Waals surface area contributed by atoms with Gasteiger partial charge in [-0.1, -0.05) is 30.3 Å². The number of nitrogens with zero attached hydrogens (tertiary/aromatic N) is 1. The van der Waals surface area contributed by atoms with Gasteiger partial charge in [0, 0.05) is 32.5 Å². The van der Waals surface area contributed by atoms with Crippen LogP contribution in [0.2, 0.25) is 0 Å². The van der Waals surface area contributed by atoms with Gasteiger partial charge in [0.2, 0.25) is 5.91 Å². The lowest BCUT2D eigenvalue weighted by molar-refractivity contribution is -0.123. The summed E-state index contributed by atoms with van der Waals surface area (Å²) in [5.74, 6) is -4.39. The summed E-state index contributed by atoms with van der Waals surface area (Å²) in [6.07, 6.45) is -1.55. The predicted molar refractivity (Wildman–Crippen MR) is 97.9 cm³/mol. The number of amides is 2. The van der Waals surface area contributed by atoms with Crippen LogP contribution in [0.1, 0.15) is 18.4 Å². The first kappa shape index (κ1) is 21.4. The van der Waals surface area contributed by atoms with Crippen LogP contribution in [0.15, 0.2) is 30.3 Å². The number of benzene rings is 1. The second-order valence-corrected chi connectivity index (χ2v) is 6.85. The van der Waals surface area contributed by atoms with Gasteiger partial charge in [0.15, 0.2) is 0 Å². The zero-order valence-electron chi connectivity index (χ0n) is 15.1. The Morgan fingerprint density at radius 3 is 2.44 bits per heavy atom. The minimum atomic E-state index is -3.07. The highest BCUT2D eigenvalue weighted by atomic mass is 35.5. The fourth-order valence-corrected chi connectivity index (χ4v) is 3.13. The third-order valence-electron chi connectivity index (χ3n) is 4.39. The predicted octanol–water partition coefficient (Wildman–Crippen LogP) is 2.37. The van der Waals surface area contributed by atoms with E-state index in [1.165, 1.54) is 7.11 Å². The van der Waals surface area contributed by atoms with Crippen molar-refractivity contribution in [2.45, 2.75) is 37.4 Å². The lowest BCUT2D eigenvalue weighted by atomic mass is 10.1. The van der Waals surface area contributed by atoms with Crippen LogP contribution >= 0.6 is 11.6 Å². The van der Waals surface area contributed by atoms with Gasteiger partial charge in [0.1, 0.15) is 0 Å². The van der Waals surface area contributed by atoms with Crippen molar-refractivity contribution in [3.8, 4) is 0 Å². The van der Waals surface area contributed by atoms with Crippen LogP contribution in [-0.4, -0.2) is 61.0 Å². The summed E-state index contributed by atoms with van der Waals surface area (Å²) < 4.78 is 31.1. The lowest BCUT2D eigenvalue weighted by Gasteiger charge is -2.21. The van der Waals surface area contributed by atoms with E-state index in [9.17, 15) is 18.4 Å². The Labute approximate surface area is 162 Å². The number of nitrogens with one attached hydrogen (secondary N) is 2. The van der Waals surface area contributed by atoms with E-state index < -0.39 is 36.3 Å². The molecule has 2 rings (SSSR count). The Balaban J connectivity index is 1.95. The second kappa shape index (κ2) is 9.85. The van der Waals surface area contributed by atoms with Crippen LogP contribution in [0.25, 0.3) is 0 Å². The van der Waals surface area contributed by atoms with Gasteiger partial charge in [-0.3, -0.25) is 9.69 Å². The smallest absolute Gasteiger partial charge is 0.407 e. The van der Waals surface area contributed by atoms with Gasteiger partial charge < -0.3 is 15.4 Å². The largest absolute Gasteiger partial charge is 0.453 e. The Hall–Kier alpha value is -1.93. The molecule has 0 aliphatic carbocycles. The summed E-state index contributed by atoms with van der Waals surface area (Å²) in [6.45, 7) is 1.64. The van der Waals surface area contributed by atoms with E-state index in [-0.39, 0.29) is 12.5 Å². The van der Waals surface area contributed by atoms with Crippen LogP contribution in [-0.2, 0) is 16.1 Å². The number of hydrogen-bond acceptors (Lipinski definition) is 4. The average Bonchev–Trinajstić information content (AvgIpc) is 3.01. The molecule has 9 heteroatoms. The Kier molecular flexibility index (Phi) is 7.79. The Bertz CT molecular complexity index is 634. The number of carbonyl (C=O) groups is 2. The maximum atomic E-state index is 13.2. The average molecular weight is 404 g/mol. The van der Waals surface area contributed by atoms with Gasteiger partial charge in [-0.25, -0.2) is 13.6 Å². The molecule has 1 heterocycles. The number of rotatable bonds is 8. The Morgan fingerprint density at radius 1 is 1.22 bits per heavy atom. The van der Waals surface area contributed by atoms with Crippen molar-refractivity contribution in [3.63, 3.8) is 0 Å². The minimum Gasteiger partial charge on any atom is -0.453 e. The van der Waals surface area contributed by atoms with Gasteiger partial charge in [0.25, 0.3) is 5.92 Å². The molecule has 1 aromatic carbocycles. The van der Waals surface area contributed by atoms with Crippen molar-refractivity contribution in [2.75, 3.05) is 26.1 Å². The summed E-state index contributed by atoms with van der Waals surface area (Å²) in [4.78, 5) is 25.7. The second-order valence-electron chi connectivity index (χ2n) is 6.59. The molecular formula is C18H24ClF2N3O3. The molecule has 0 aromatic heterocycles. The molecule has 0 saturated carbocycles. The molecule has 1 aliphatic heterocycles. The maximum absolute atomic E-state index is 13.2. The summed E-state index contributed by atoms with van der Waals surface area (Å²) in [6, 6.07) is 9.00. The zero-order valence-corrected chi connectivity index (χ0v) is 15.8. The molecule has 27 heavy (non-hydrogen) atoms. The molecule has 2 atom stereocenters. The third-order valence-corrected chi connectivity index (χ3v) is 4.78. The molecule has 0 radical (unpaired) electrons. The Morgan fingerprint density at radius 2 is 1.85 bits per heavy atom. The highest BCUT2D eigenvalue weighted by Crippen LogP contribution is 2.22. The molecule has 6 nitrogen and oxygen atoms in total. The SMILES string of the molecule is COC(=O)N[C@H]1CN(Cc2ccccc2)C[C@@H]1NC(=O)CCC(F)(F)CCl. The number of hydrogen-bond donors (Lipinski definition) is 2. The molecule has 0 spiro atoms. The van der Waals surface area contributed by atoms with Crippen molar-refractivity contribution < 1.29 is 23.1 Å². The molecular weight excluding hydrogens is 380 g/mol. The summed E-state index contributed by atoms with van der Waals surface area (Å²) in [5.41, 5.74) is 1.10. The highest BCUT2D eigenvalue weighted by Gasteiger charge is 2.36. The number of alkyl halides is 3. The quantitative estimate of drug-likeness (QED) is 0.654. The first-order valence-corrected chi connectivity index (χ1v) is 9.20. The van der Waals surface area contributed by atoms with Crippen molar-refractivity contribution in [2.24, 2.45) is 0 Å². The number of methoxy groups -OCH3 is 1. The van der Waals surface area contributed by atoms with Gasteiger partial charge in [0.05, 0.1) is 25.1 Å². The molecule has 1 fully saturated rings. The fourth-order valence-electron chi connectivity index (χ4n) is 3.00. The van der Waals surface area contributed by atoms with Crippen molar-refractivity contribution in [3.05, 3.63) is 35.9 Å². The van der Waals surface area contributed by atoms with E-state index in [1.54, 1.807) is 0 Å². The first-order valence-electron chi connectivity index (χ1n) is 8.67. The number of likely N-dealkylation sites (tertiary alicyclic amines) is 1. The summed E-state index contributed by atoms with van der Waals surface area (Å²) >= 11 is 5.19. The van der Waals surface area contributed by atoms with Gasteiger partial charge in [-0.15, -0.1) is 11.6 Å². The minimum absolute atomic E-state index is 0.333. The fraction of sp³-hybridized carbons (Fsp3) is 0.556. The van der Waals surface area contributed by atoms with Crippen molar-refractivity contribution >= 4 is 23.6 Å². The topological polar surface area (TPSA) is 70.7 Å². The van der Waals surface area contributed by atoms with E-state index in [4.69, 9.17) is 11.6 Å². The molecule has 0 unspecified atom stereocenters. The number of ether oxygens (including phenoxy) is 1. The number of alkyl carbamates (subject to hydrolysis) is 1. The molecule has 1 aliphatic rings. The van der Waals surface area contributed by atoms with Crippen molar-refractivity contribution in [1.29, 1.82) is 0 Å². The monoisotopic (exact) mass is 403 g/mol. The van der Waals surface area contributed by atoms with E-state index in [1.807, 2.05) is 30.3 Å². The van der Waals surface area contributed by atoms with Crippen LogP contribution < -0.4 is 10.6 Å². The third kappa shape index (κ3) is 6.95. The van der Waals surface area contributed by atoms with Crippen LogP contribution in [0, 0.1) is 0 Å². The van der Waals surface area contributed by atoms with Gasteiger partial charge in [-0.05, 0) is 5.56 Å². The van der Waals surface area contributed by atoms with E-state index in [2.05, 4.69) is 20.3 Å². The van der Waals surface area contributed by atoms with E-state index in [0.717, 1.165) is 5.56 Å². The lowest BCUT2D eigenvalue weighted by Crippen LogP contribution is -2.51. The summed E-state index contributed by atoms with van der Waals surface area (Å²) in [5, 5.41) is 5.44. The standard InChI is InChI=1S/C18H24ClF2N3O3/c1-27-17(26)23-15-11-24(9-13-5-3-2-4-6-13)10-14(15)22-16(25)7-8-18(20,21)12-19/h2-6,14-15H,7-12H2,1H3,(H,22,25)(H,23,26)/t14-,15-/m0/s1.